The molecule has 0 bridgehead atoms. The van der Waals surface area contributed by atoms with Crippen LogP contribution in [0.4, 0.5) is 0 Å². The second-order valence-corrected chi connectivity index (χ2v) is 5.63. The highest BCUT2D eigenvalue weighted by Crippen LogP contribution is 2.30. The number of thioether (sulfide) groups is 1. The second kappa shape index (κ2) is 5.03. The van der Waals surface area contributed by atoms with Gasteiger partial charge in [0.2, 0.25) is 0 Å². The number of rotatable bonds is 6. The molecule has 3 nitrogen and oxygen atoms in total. The van der Waals surface area contributed by atoms with E-state index in [0.29, 0.717) is 18.6 Å². The van der Waals surface area contributed by atoms with Crippen LogP contribution in [0.1, 0.15) is 40.5 Å². The fourth-order valence-corrected chi connectivity index (χ4v) is 1.99. The van der Waals surface area contributed by atoms with Crippen molar-refractivity contribution in [2.45, 2.75) is 50.9 Å². The summed E-state index contributed by atoms with van der Waals surface area (Å²) in [4.78, 5) is 10.8. The third kappa shape index (κ3) is 3.88. The summed E-state index contributed by atoms with van der Waals surface area (Å²) >= 11 is 1.29. The zero-order valence-corrected chi connectivity index (χ0v) is 10.1. The van der Waals surface area contributed by atoms with Crippen molar-refractivity contribution in [3.05, 3.63) is 0 Å². The molecule has 84 valence electrons. The van der Waals surface area contributed by atoms with Crippen LogP contribution in [0.2, 0.25) is 0 Å². The lowest BCUT2D eigenvalue weighted by Crippen LogP contribution is -2.35. The van der Waals surface area contributed by atoms with Gasteiger partial charge in [0.25, 0.3) is 0 Å². The SMILES string of the molecule is CCC(O)(CC)CSC(C)(C)C(=O)O. The molecule has 0 saturated heterocycles. The quantitative estimate of drug-likeness (QED) is 0.720. The van der Waals surface area contributed by atoms with E-state index in [0.717, 1.165) is 0 Å². The number of aliphatic carboxylic acids is 1. The number of carboxylic acids is 1. The standard InChI is InChI=1S/C10H20O3S/c1-5-10(13,6-2)7-14-9(3,4)8(11)12/h13H,5-7H2,1-4H3,(H,11,12). The van der Waals surface area contributed by atoms with E-state index >= 15 is 0 Å². The number of hydrogen-bond acceptors (Lipinski definition) is 3. The number of carboxylic acid groups (broad SMARTS) is 1. The van der Waals surface area contributed by atoms with Gasteiger partial charge in [-0.3, -0.25) is 4.79 Å². The number of aliphatic hydroxyl groups is 1. The molecule has 0 atom stereocenters. The fraction of sp³-hybridized carbons (Fsp3) is 0.900. The van der Waals surface area contributed by atoms with E-state index in [1.54, 1.807) is 13.8 Å². The van der Waals surface area contributed by atoms with E-state index < -0.39 is 16.3 Å². The van der Waals surface area contributed by atoms with Crippen LogP contribution in [-0.4, -0.2) is 32.3 Å². The van der Waals surface area contributed by atoms with Gasteiger partial charge < -0.3 is 10.2 Å². The van der Waals surface area contributed by atoms with Crippen molar-refractivity contribution < 1.29 is 15.0 Å². The Balaban J connectivity index is 4.23. The summed E-state index contributed by atoms with van der Waals surface area (Å²) in [5.41, 5.74) is -0.725. The predicted molar refractivity (Wildman–Crippen MR) is 59.7 cm³/mol. The van der Waals surface area contributed by atoms with E-state index in [1.165, 1.54) is 11.8 Å². The van der Waals surface area contributed by atoms with E-state index in [4.69, 9.17) is 5.11 Å². The maximum Gasteiger partial charge on any atom is 0.319 e. The van der Waals surface area contributed by atoms with Gasteiger partial charge in [0.1, 0.15) is 4.75 Å². The smallest absolute Gasteiger partial charge is 0.319 e. The highest BCUT2D eigenvalue weighted by atomic mass is 32.2. The highest BCUT2D eigenvalue weighted by molar-refractivity contribution is 8.01. The first-order valence-corrected chi connectivity index (χ1v) is 5.85. The molecule has 0 unspecified atom stereocenters. The van der Waals surface area contributed by atoms with E-state index in [-0.39, 0.29) is 0 Å². The largest absolute Gasteiger partial charge is 0.480 e. The minimum absolute atomic E-state index is 0.472. The van der Waals surface area contributed by atoms with Crippen LogP contribution < -0.4 is 0 Å². The Bertz CT molecular complexity index is 198. The summed E-state index contributed by atoms with van der Waals surface area (Å²) in [5.74, 6) is -0.365. The zero-order chi connectivity index (χ0) is 11.4. The second-order valence-electron chi connectivity index (χ2n) is 4.04. The van der Waals surface area contributed by atoms with Gasteiger partial charge in [0.05, 0.1) is 5.60 Å². The number of carbonyl (C=O) groups is 1. The molecule has 0 aliphatic rings. The molecule has 0 heterocycles. The summed E-state index contributed by atoms with van der Waals surface area (Å²) in [5, 5.41) is 18.8. The Kier molecular flexibility index (Phi) is 4.95. The molecule has 0 aliphatic heterocycles. The van der Waals surface area contributed by atoms with Gasteiger partial charge >= 0.3 is 5.97 Å². The molecule has 0 fully saturated rings. The van der Waals surface area contributed by atoms with Crippen LogP contribution in [0.3, 0.4) is 0 Å². The van der Waals surface area contributed by atoms with Crippen molar-refractivity contribution in [2.24, 2.45) is 0 Å². The third-order valence-electron chi connectivity index (χ3n) is 2.53. The van der Waals surface area contributed by atoms with Crippen LogP contribution in [-0.2, 0) is 4.79 Å². The van der Waals surface area contributed by atoms with Gasteiger partial charge in [-0.15, -0.1) is 11.8 Å². The summed E-state index contributed by atoms with van der Waals surface area (Å²) in [6, 6.07) is 0. The summed E-state index contributed by atoms with van der Waals surface area (Å²) in [7, 11) is 0. The number of hydrogen-bond donors (Lipinski definition) is 2. The van der Waals surface area contributed by atoms with Crippen molar-refractivity contribution in [3.8, 4) is 0 Å². The lowest BCUT2D eigenvalue weighted by atomic mass is 10.0. The minimum Gasteiger partial charge on any atom is -0.480 e. The maximum absolute atomic E-state index is 10.8. The molecule has 0 aromatic heterocycles. The predicted octanol–water partition coefficient (Wildman–Crippen LogP) is 2.13. The molecule has 2 N–H and O–H groups in total. The summed E-state index contributed by atoms with van der Waals surface area (Å²) in [6.45, 7) is 7.15. The van der Waals surface area contributed by atoms with Crippen molar-refractivity contribution in [1.82, 2.24) is 0 Å². The first kappa shape index (κ1) is 13.8. The van der Waals surface area contributed by atoms with Gasteiger partial charge in [-0.25, -0.2) is 0 Å². The molecular weight excluding hydrogens is 200 g/mol. The molecule has 0 aromatic rings. The lowest BCUT2D eigenvalue weighted by molar-refractivity contribution is -0.138. The van der Waals surface area contributed by atoms with E-state index in [2.05, 4.69) is 0 Å². The van der Waals surface area contributed by atoms with Gasteiger partial charge in [0.15, 0.2) is 0 Å². The fourth-order valence-electron chi connectivity index (χ4n) is 0.831. The zero-order valence-electron chi connectivity index (χ0n) is 9.33. The topological polar surface area (TPSA) is 57.5 Å². The summed E-state index contributed by atoms with van der Waals surface area (Å²) < 4.78 is -0.821. The van der Waals surface area contributed by atoms with Gasteiger partial charge in [-0.05, 0) is 26.7 Å². The van der Waals surface area contributed by atoms with Gasteiger partial charge in [0, 0.05) is 5.75 Å². The highest BCUT2D eigenvalue weighted by Gasteiger charge is 2.32. The van der Waals surface area contributed by atoms with E-state index in [1.807, 2.05) is 13.8 Å². The first-order chi connectivity index (χ1) is 6.27. The molecule has 0 spiro atoms. The van der Waals surface area contributed by atoms with Crippen LogP contribution in [0, 0.1) is 0 Å². The molecule has 0 aliphatic carbocycles. The lowest BCUT2D eigenvalue weighted by Gasteiger charge is -2.28. The summed E-state index contributed by atoms with van der Waals surface area (Å²) in [6.07, 6.45) is 1.32. The van der Waals surface area contributed by atoms with E-state index in [9.17, 15) is 9.90 Å². The third-order valence-corrected chi connectivity index (χ3v) is 4.11. The molecule has 0 rings (SSSR count). The van der Waals surface area contributed by atoms with Crippen LogP contribution in [0.5, 0.6) is 0 Å². The maximum atomic E-state index is 10.8. The Morgan fingerprint density at radius 1 is 1.29 bits per heavy atom. The average molecular weight is 220 g/mol. The molecule has 0 aromatic carbocycles. The molecule has 0 saturated carbocycles. The van der Waals surface area contributed by atoms with Gasteiger partial charge in [-0.1, -0.05) is 13.8 Å². The van der Waals surface area contributed by atoms with Crippen molar-refractivity contribution in [2.75, 3.05) is 5.75 Å². The minimum atomic E-state index is -0.836. The molecule has 4 heteroatoms. The van der Waals surface area contributed by atoms with Crippen molar-refractivity contribution in [3.63, 3.8) is 0 Å². The van der Waals surface area contributed by atoms with Gasteiger partial charge in [-0.2, -0.15) is 0 Å². The Labute approximate surface area is 89.9 Å². The monoisotopic (exact) mass is 220 g/mol. The first-order valence-electron chi connectivity index (χ1n) is 4.87. The average Bonchev–Trinajstić information content (AvgIpc) is 2.14. The Hall–Kier alpha value is -0.220. The van der Waals surface area contributed by atoms with Crippen molar-refractivity contribution >= 4 is 17.7 Å². The normalized spacial score (nSPS) is 12.9. The molecular formula is C10H20O3S. The Morgan fingerprint density at radius 2 is 1.71 bits per heavy atom. The van der Waals surface area contributed by atoms with Crippen LogP contribution >= 0.6 is 11.8 Å². The molecule has 0 radical (unpaired) electrons. The van der Waals surface area contributed by atoms with Crippen LogP contribution in [0.25, 0.3) is 0 Å². The van der Waals surface area contributed by atoms with Crippen LogP contribution in [0.15, 0.2) is 0 Å². The Morgan fingerprint density at radius 3 is 2.00 bits per heavy atom. The van der Waals surface area contributed by atoms with Crippen molar-refractivity contribution in [1.29, 1.82) is 0 Å². The molecule has 0 amide bonds. The molecule has 14 heavy (non-hydrogen) atoms.